The Hall–Kier alpha value is -0.180. The Morgan fingerprint density at radius 1 is 1.62 bits per heavy atom. The first-order valence-electron chi connectivity index (χ1n) is 5.23. The second kappa shape index (κ2) is 5.53. The van der Waals surface area contributed by atoms with Gasteiger partial charge in [0.2, 0.25) is 0 Å². The van der Waals surface area contributed by atoms with E-state index in [9.17, 15) is 0 Å². The number of rotatable bonds is 4. The molecule has 1 aliphatic rings. The van der Waals surface area contributed by atoms with Crippen molar-refractivity contribution in [1.82, 2.24) is 5.32 Å². The molecule has 0 spiro atoms. The molecule has 0 aromatic rings. The third kappa shape index (κ3) is 3.59. The summed E-state index contributed by atoms with van der Waals surface area (Å²) < 4.78 is 0. The van der Waals surface area contributed by atoms with E-state index in [1.165, 1.54) is 19.3 Å². The molecule has 0 fully saturated rings. The largest absolute Gasteiger partial charge is 0.362 e. The Bertz CT molecular complexity index is 180. The van der Waals surface area contributed by atoms with Crippen LogP contribution in [-0.2, 0) is 0 Å². The molecule has 0 saturated heterocycles. The Kier molecular flexibility index (Phi) is 4.64. The molecule has 0 bridgehead atoms. The molecular weight excluding hydrogens is 180 g/mol. The van der Waals surface area contributed by atoms with Gasteiger partial charge in [-0.1, -0.05) is 32.0 Å². The zero-order valence-electron chi connectivity index (χ0n) is 8.84. The molecule has 3 heteroatoms. The fourth-order valence-corrected chi connectivity index (χ4v) is 2.59. The van der Waals surface area contributed by atoms with Crippen LogP contribution in [0.1, 0.15) is 40.0 Å². The maximum atomic E-state index is 4.60. The first-order chi connectivity index (χ1) is 6.26. The summed E-state index contributed by atoms with van der Waals surface area (Å²) in [5, 5.41) is 4.62. The fourth-order valence-electron chi connectivity index (χ4n) is 1.42. The van der Waals surface area contributed by atoms with Crippen LogP contribution < -0.4 is 5.32 Å². The van der Waals surface area contributed by atoms with Crippen LogP contribution in [0.2, 0.25) is 0 Å². The van der Waals surface area contributed by atoms with Gasteiger partial charge in [0.25, 0.3) is 0 Å². The predicted molar refractivity (Wildman–Crippen MR) is 61.5 cm³/mol. The molecule has 2 unspecified atom stereocenters. The highest BCUT2D eigenvalue weighted by atomic mass is 32.2. The summed E-state index contributed by atoms with van der Waals surface area (Å²) in [6.45, 7) is 6.65. The second-order valence-corrected chi connectivity index (χ2v) is 4.65. The van der Waals surface area contributed by atoms with Crippen molar-refractivity contribution in [2.24, 2.45) is 4.99 Å². The van der Waals surface area contributed by atoms with Crippen LogP contribution in [0.15, 0.2) is 4.99 Å². The summed E-state index contributed by atoms with van der Waals surface area (Å²) in [5.74, 6) is 1.16. The summed E-state index contributed by atoms with van der Waals surface area (Å²) >= 11 is 1.87. The number of aliphatic imine (C=N–C) groups is 1. The first-order valence-corrected chi connectivity index (χ1v) is 6.22. The normalized spacial score (nSPS) is 24.2. The lowest BCUT2D eigenvalue weighted by Gasteiger charge is -2.12. The van der Waals surface area contributed by atoms with Crippen molar-refractivity contribution in [3.8, 4) is 0 Å². The molecule has 1 rings (SSSR count). The van der Waals surface area contributed by atoms with E-state index in [0.29, 0.717) is 12.1 Å². The maximum Gasteiger partial charge on any atom is 0.157 e. The number of nitrogens with zero attached hydrogens (tertiary/aromatic N) is 1. The topological polar surface area (TPSA) is 24.4 Å². The van der Waals surface area contributed by atoms with Gasteiger partial charge in [-0.05, 0) is 19.8 Å². The van der Waals surface area contributed by atoms with Crippen molar-refractivity contribution in [2.45, 2.75) is 52.1 Å². The predicted octanol–water partition coefficient (Wildman–Crippen LogP) is 2.65. The van der Waals surface area contributed by atoms with Gasteiger partial charge in [-0.3, -0.25) is 4.99 Å². The van der Waals surface area contributed by atoms with Crippen LogP contribution in [0.25, 0.3) is 0 Å². The molecule has 1 heterocycles. The van der Waals surface area contributed by atoms with Crippen molar-refractivity contribution >= 4 is 16.9 Å². The van der Waals surface area contributed by atoms with Crippen molar-refractivity contribution in [1.29, 1.82) is 0 Å². The van der Waals surface area contributed by atoms with Crippen molar-refractivity contribution in [2.75, 3.05) is 5.75 Å². The van der Waals surface area contributed by atoms with E-state index in [4.69, 9.17) is 0 Å². The van der Waals surface area contributed by atoms with Crippen LogP contribution in [0.4, 0.5) is 0 Å². The smallest absolute Gasteiger partial charge is 0.157 e. The third-order valence-corrected chi connectivity index (χ3v) is 3.32. The molecule has 0 radical (unpaired) electrons. The van der Waals surface area contributed by atoms with E-state index < -0.39 is 0 Å². The van der Waals surface area contributed by atoms with Gasteiger partial charge < -0.3 is 5.32 Å². The van der Waals surface area contributed by atoms with Gasteiger partial charge in [-0.15, -0.1) is 0 Å². The minimum atomic E-state index is 0.557. The van der Waals surface area contributed by atoms with Gasteiger partial charge in [0, 0.05) is 11.8 Å². The zero-order chi connectivity index (χ0) is 9.68. The maximum absolute atomic E-state index is 4.60. The molecule has 76 valence electrons. The van der Waals surface area contributed by atoms with Crippen molar-refractivity contribution in [3.63, 3.8) is 0 Å². The van der Waals surface area contributed by atoms with Gasteiger partial charge >= 0.3 is 0 Å². The summed E-state index contributed by atoms with van der Waals surface area (Å²) in [6.07, 6.45) is 3.64. The highest BCUT2D eigenvalue weighted by molar-refractivity contribution is 8.14. The average Bonchev–Trinajstić information content (AvgIpc) is 2.52. The molecule has 0 aromatic carbocycles. The SMILES string of the molecule is CCCC(C)NC1=NC(CC)CS1. The quantitative estimate of drug-likeness (QED) is 0.754. The van der Waals surface area contributed by atoms with E-state index in [0.717, 1.165) is 10.9 Å². The number of thioether (sulfide) groups is 1. The number of nitrogens with one attached hydrogen (secondary N) is 1. The Balaban J connectivity index is 2.29. The number of hydrogen-bond donors (Lipinski definition) is 1. The van der Waals surface area contributed by atoms with Crippen LogP contribution in [0, 0.1) is 0 Å². The highest BCUT2D eigenvalue weighted by Gasteiger charge is 2.17. The lowest BCUT2D eigenvalue weighted by Crippen LogP contribution is -2.29. The monoisotopic (exact) mass is 200 g/mol. The van der Waals surface area contributed by atoms with Gasteiger partial charge in [0.05, 0.1) is 6.04 Å². The van der Waals surface area contributed by atoms with E-state index in [1.807, 2.05) is 11.8 Å². The molecule has 2 nitrogen and oxygen atoms in total. The fraction of sp³-hybridized carbons (Fsp3) is 0.900. The van der Waals surface area contributed by atoms with Gasteiger partial charge in [0.1, 0.15) is 0 Å². The minimum absolute atomic E-state index is 0.557. The molecule has 0 saturated carbocycles. The molecule has 1 N–H and O–H groups in total. The molecule has 1 aliphatic heterocycles. The summed E-state index contributed by atoms with van der Waals surface area (Å²) in [5.41, 5.74) is 0. The van der Waals surface area contributed by atoms with Crippen molar-refractivity contribution < 1.29 is 0 Å². The van der Waals surface area contributed by atoms with Gasteiger partial charge in [-0.2, -0.15) is 0 Å². The summed E-state index contributed by atoms with van der Waals surface area (Å²) in [7, 11) is 0. The molecule has 0 aliphatic carbocycles. The molecule has 2 atom stereocenters. The highest BCUT2D eigenvalue weighted by Crippen LogP contribution is 2.19. The number of amidine groups is 1. The summed E-state index contributed by atoms with van der Waals surface area (Å²) in [4.78, 5) is 4.60. The molecule has 0 amide bonds. The lowest BCUT2D eigenvalue weighted by atomic mass is 10.2. The first kappa shape index (κ1) is 10.9. The van der Waals surface area contributed by atoms with Crippen LogP contribution in [0.3, 0.4) is 0 Å². The second-order valence-electron chi connectivity index (χ2n) is 3.64. The molecular formula is C10H20N2S. The number of hydrogen-bond acceptors (Lipinski definition) is 3. The van der Waals surface area contributed by atoms with E-state index in [2.05, 4.69) is 31.1 Å². The van der Waals surface area contributed by atoms with Crippen LogP contribution in [-0.4, -0.2) is 23.0 Å². The van der Waals surface area contributed by atoms with E-state index in [1.54, 1.807) is 0 Å². The summed E-state index contributed by atoms with van der Waals surface area (Å²) in [6, 6.07) is 1.13. The van der Waals surface area contributed by atoms with Crippen LogP contribution >= 0.6 is 11.8 Å². The van der Waals surface area contributed by atoms with Gasteiger partial charge in [0.15, 0.2) is 5.17 Å². The van der Waals surface area contributed by atoms with Crippen molar-refractivity contribution in [3.05, 3.63) is 0 Å². The average molecular weight is 200 g/mol. The standard InChI is InChI=1S/C10H20N2S/c1-4-6-8(3)11-10-12-9(5-2)7-13-10/h8-9H,4-7H2,1-3H3,(H,11,12). The van der Waals surface area contributed by atoms with E-state index in [-0.39, 0.29) is 0 Å². The third-order valence-electron chi connectivity index (χ3n) is 2.28. The molecule has 0 aromatic heterocycles. The minimum Gasteiger partial charge on any atom is -0.362 e. The lowest BCUT2D eigenvalue weighted by molar-refractivity contribution is 0.598. The zero-order valence-corrected chi connectivity index (χ0v) is 9.66. The Morgan fingerprint density at radius 2 is 2.38 bits per heavy atom. The Morgan fingerprint density at radius 3 is 2.92 bits per heavy atom. The van der Waals surface area contributed by atoms with Gasteiger partial charge in [-0.25, -0.2) is 0 Å². The Labute approximate surface area is 85.6 Å². The molecule has 13 heavy (non-hydrogen) atoms. The van der Waals surface area contributed by atoms with Crippen LogP contribution in [0.5, 0.6) is 0 Å². The van der Waals surface area contributed by atoms with E-state index >= 15 is 0 Å².